The van der Waals surface area contributed by atoms with E-state index in [0.717, 1.165) is 69.6 Å². The Bertz CT molecular complexity index is 2190. The SMILES string of the molecule is O=C1c2ccc3c4ccc5c6c(cc([N+](=O)[O-])c(c7ccc(c2c37)C(=O)N1C1CCCCC1)c64)C(=O)N(C1CCCCC1)C5=O. The third-order valence-electron chi connectivity index (χ3n) is 10.9. The van der Waals surface area contributed by atoms with Crippen LogP contribution in [0.1, 0.15) is 106 Å². The third kappa shape index (κ3) is 3.38. The number of amides is 4. The Kier molecular flexibility index (Phi) is 5.47. The number of rotatable bonds is 3. The van der Waals surface area contributed by atoms with E-state index in [4.69, 9.17) is 0 Å². The number of carbonyl (C=O) groups excluding carboxylic acids is 4. The minimum Gasteiger partial charge on any atom is -0.271 e. The van der Waals surface area contributed by atoms with Gasteiger partial charge in [0.1, 0.15) is 0 Å². The van der Waals surface area contributed by atoms with Crippen molar-refractivity contribution in [3.05, 3.63) is 74.8 Å². The molecule has 45 heavy (non-hydrogen) atoms. The number of fused-ring (bicyclic) bond motifs is 2. The van der Waals surface area contributed by atoms with Crippen LogP contribution in [0.4, 0.5) is 5.69 Å². The van der Waals surface area contributed by atoms with Crippen molar-refractivity contribution in [2.45, 2.75) is 76.3 Å². The van der Waals surface area contributed by atoms with Crippen LogP contribution in [0, 0.1) is 10.1 Å². The van der Waals surface area contributed by atoms with Crippen LogP contribution in [-0.4, -0.2) is 50.4 Å². The molecule has 0 spiro atoms. The van der Waals surface area contributed by atoms with E-state index < -0.39 is 10.8 Å². The summed E-state index contributed by atoms with van der Waals surface area (Å²) in [6.45, 7) is 0. The van der Waals surface area contributed by atoms with Gasteiger partial charge < -0.3 is 0 Å². The molecule has 0 N–H and O–H groups in total. The number of nitro groups is 1. The van der Waals surface area contributed by atoms with E-state index in [1.54, 1.807) is 30.3 Å². The second-order valence-corrected chi connectivity index (χ2v) is 13.1. The summed E-state index contributed by atoms with van der Waals surface area (Å²) in [7, 11) is 0. The summed E-state index contributed by atoms with van der Waals surface area (Å²) in [5, 5.41) is 17.0. The average Bonchev–Trinajstić information content (AvgIpc) is 3.06. The molecule has 5 aromatic carbocycles. The number of carbonyl (C=O) groups is 4. The first-order chi connectivity index (χ1) is 21.9. The molecule has 2 heterocycles. The van der Waals surface area contributed by atoms with Gasteiger partial charge in [0.05, 0.1) is 15.9 Å². The van der Waals surface area contributed by atoms with Gasteiger partial charge >= 0.3 is 0 Å². The molecule has 9 heteroatoms. The predicted octanol–water partition coefficient (Wildman–Crippen LogP) is 7.50. The molecule has 2 fully saturated rings. The first-order valence-corrected chi connectivity index (χ1v) is 16.0. The Morgan fingerprint density at radius 1 is 0.511 bits per heavy atom. The normalized spacial score (nSPS) is 19.6. The van der Waals surface area contributed by atoms with E-state index in [1.807, 2.05) is 6.07 Å². The number of hydrogen-bond acceptors (Lipinski definition) is 6. The highest BCUT2D eigenvalue weighted by Crippen LogP contribution is 2.49. The lowest BCUT2D eigenvalue weighted by Crippen LogP contribution is -2.47. The Morgan fingerprint density at radius 2 is 0.933 bits per heavy atom. The van der Waals surface area contributed by atoms with Gasteiger partial charge in [-0.1, -0.05) is 56.7 Å². The summed E-state index contributed by atoms with van der Waals surface area (Å²) in [6.07, 6.45) is 8.97. The quantitative estimate of drug-likeness (QED) is 0.0697. The number of nitro benzene ring substituents is 1. The van der Waals surface area contributed by atoms with E-state index in [-0.39, 0.29) is 41.1 Å². The highest BCUT2D eigenvalue weighted by atomic mass is 16.6. The lowest BCUT2D eigenvalue weighted by molar-refractivity contribution is -0.383. The van der Waals surface area contributed by atoms with E-state index in [1.165, 1.54) is 15.9 Å². The van der Waals surface area contributed by atoms with Crippen LogP contribution < -0.4 is 0 Å². The number of hydrogen-bond donors (Lipinski definition) is 0. The van der Waals surface area contributed by atoms with Crippen LogP contribution in [0.25, 0.3) is 43.1 Å². The van der Waals surface area contributed by atoms with Crippen molar-refractivity contribution in [1.29, 1.82) is 0 Å². The molecule has 0 bridgehead atoms. The van der Waals surface area contributed by atoms with Crippen molar-refractivity contribution in [2.75, 3.05) is 0 Å². The van der Waals surface area contributed by atoms with Gasteiger partial charge in [-0.2, -0.15) is 0 Å². The molecule has 0 aromatic heterocycles. The fraction of sp³-hybridized carbons (Fsp3) is 0.333. The zero-order valence-corrected chi connectivity index (χ0v) is 24.6. The summed E-state index contributed by atoms with van der Waals surface area (Å²) in [5.74, 6) is -1.50. The van der Waals surface area contributed by atoms with Gasteiger partial charge in [0.15, 0.2) is 0 Å². The molecule has 2 saturated carbocycles. The molecule has 2 aliphatic heterocycles. The second-order valence-electron chi connectivity index (χ2n) is 13.1. The van der Waals surface area contributed by atoms with Gasteiger partial charge in [-0.15, -0.1) is 0 Å². The van der Waals surface area contributed by atoms with Crippen LogP contribution in [0.15, 0.2) is 42.5 Å². The van der Waals surface area contributed by atoms with Crippen LogP contribution in [0.2, 0.25) is 0 Å². The fourth-order valence-corrected chi connectivity index (χ4v) is 8.87. The maximum atomic E-state index is 14.0. The third-order valence-corrected chi connectivity index (χ3v) is 10.9. The molecular formula is C36H29N3O6. The number of non-ortho nitro benzene ring substituents is 1. The van der Waals surface area contributed by atoms with E-state index in [2.05, 4.69) is 0 Å². The van der Waals surface area contributed by atoms with Crippen molar-refractivity contribution in [3.63, 3.8) is 0 Å². The molecule has 0 radical (unpaired) electrons. The van der Waals surface area contributed by atoms with Crippen LogP contribution in [0.3, 0.4) is 0 Å². The first-order valence-electron chi connectivity index (χ1n) is 16.0. The van der Waals surface area contributed by atoms with Crippen molar-refractivity contribution in [1.82, 2.24) is 9.80 Å². The van der Waals surface area contributed by atoms with E-state index in [9.17, 15) is 29.3 Å². The highest BCUT2D eigenvalue weighted by Gasteiger charge is 2.42. The summed E-state index contributed by atoms with van der Waals surface area (Å²) in [4.78, 5) is 70.9. The van der Waals surface area contributed by atoms with E-state index >= 15 is 0 Å². The smallest absolute Gasteiger partial charge is 0.271 e. The monoisotopic (exact) mass is 599 g/mol. The summed E-state index contributed by atoms with van der Waals surface area (Å²) in [5.41, 5.74) is 1.14. The van der Waals surface area contributed by atoms with Crippen molar-refractivity contribution in [3.8, 4) is 0 Å². The van der Waals surface area contributed by atoms with Gasteiger partial charge in [0, 0.05) is 51.0 Å². The van der Waals surface area contributed by atoms with Crippen molar-refractivity contribution < 1.29 is 24.1 Å². The Hall–Kier alpha value is -4.92. The van der Waals surface area contributed by atoms with Crippen LogP contribution in [0.5, 0.6) is 0 Å². The molecule has 0 atom stereocenters. The largest absolute Gasteiger partial charge is 0.278 e. The van der Waals surface area contributed by atoms with Crippen molar-refractivity contribution in [2.24, 2.45) is 0 Å². The molecule has 0 saturated heterocycles. The maximum Gasteiger partial charge on any atom is 0.278 e. The molecule has 4 aliphatic rings. The lowest BCUT2D eigenvalue weighted by atomic mass is 9.80. The standard InChI is InChI=1S/C36H29N3O6/c40-33-23-14-11-20-21-12-15-25-30-26(36(43)38(35(25)42)19-9-5-2-6-10-19)17-27(39(44)45)31(32(21)30)22-13-16-24(29(23)28(20)22)34(41)37(33)18-7-3-1-4-8-18/h11-19H,1-10H2. The molecule has 9 nitrogen and oxygen atoms in total. The van der Waals surface area contributed by atoms with Gasteiger partial charge in [-0.3, -0.25) is 39.1 Å². The molecule has 5 aromatic rings. The summed E-state index contributed by atoms with van der Waals surface area (Å²) >= 11 is 0. The molecular weight excluding hydrogens is 570 g/mol. The van der Waals surface area contributed by atoms with Gasteiger partial charge in [0.25, 0.3) is 29.3 Å². The lowest BCUT2D eigenvalue weighted by Gasteiger charge is -2.36. The first kappa shape index (κ1) is 26.5. The maximum absolute atomic E-state index is 14.0. The molecule has 2 aliphatic carbocycles. The molecule has 0 unspecified atom stereocenters. The van der Waals surface area contributed by atoms with Gasteiger partial charge in [0.2, 0.25) is 0 Å². The topological polar surface area (TPSA) is 118 Å². The van der Waals surface area contributed by atoms with Gasteiger partial charge in [-0.05, 0) is 65.4 Å². The Balaban J connectivity index is 1.35. The predicted molar refractivity (Wildman–Crippen MR) is 169 cm³/mol. The zero-order valence-electron chi connectivity index (χ0n) is 24.6. The Labute approximate surface area is 257 Å². The zero-order chi connectivity index (χ0) is 30.7. The second kappa shape index (κ2) is 9.30. The highest BCUT2D eigenvalue weighted by molar-refractivity contribution is 6.42. The minimum absolute atomic E-state index is 0.143. The van der Waals surface area contributed by atoms with Crippen molar-refractivity contribution >= 4 is 72.4 Å². The molecule has 224 valence electrons. The minimum atomic E-state index is -0.485. The fourth-order valence-electron chi connectivity index (χ4n) is 8.87. The molecule has 4 amide bonds. The summed E-state index contributed by atoms with van der Waals surface area (Å²) < 4.78 is 0. The van der Waals surface area contributed by atoms with Crippen LogP contribution in [-0.2, 0) is 0 Å². The van der Waals surface area contributed by atoms with Gasteiger partial charge in [-0.25, -0.2) is 0 Å². The Morgan fingerprint density at radius 3 is 1.42 bits per heavy atom. The number of benzene rings is 5. The van der Waals surface area contributed by atoms with Crippen LogP contribution >= 0.6 is 0 Å². The molecule has 9 rings (SSSR count). The number of imide groups is 2. The summed E-state index contributed by atoms with van der Waals surface area (Å²) in [6, 6.07) is 11.5. The number of nitrogens with zero attached hydrogens (tertiary/aromatic N) is 3. The average molecular weight is 600 g/mol. The van der Waals surface area contributed by atoms with E-state index in [0.29, 0.717) is 54.4 Å².